The molecule has 0 saturated carbocycles. The number of aryl methyl sites for hydroxylation is 1. The Morgan fingerprint density at radius 3 is 2.94 bits per heavy atom. The molecule has 0 spiro atoms. The van der Waals surface area contributed by atoms with Crippen molar-refractivity contribution < 1.29 is 4.39 Å². The molecule has 1 atom stereocenters. The van der Waals surface area contributed by atoms with Gasteiger partial charge in [-0.25, -0.2) is 9.37 Å². The maximum atomic E-state index is 13.1. The summed E-state index contributed by atoms with van der Waals surface area (Å²) in [6.07, 6.45) is 3.96. The van der Waals surface area contributed by atoms with Crippen molar-refractivity contribution in [2.24, 2.45) is 12.8 Å². The molecule has 90 valence electrons. The Labute approximate surface area is 104 Å². The molecule has 17 heavy (non-hydrogen) atoms. The van der Waals surface area contributed by atoms with Crippen LogP contribution in [0.25, 0.3) is 0 Å². The smallest absolute Gasteiger partial charge is 0.125 e. The first kappa shape index (κ1) is 12.1. The summed E-state index contributed by atoms with van der Waals surface area (Å²) < 4.78 is 14.9. The van der Waals surface area contributed by atoms with Crippen LogP contribution in [0.1, 0.15) is 17.4 Å². The second-order valence-corrected chi connectivity index (χ2v) is 4.35. The average molecular weight is 254 g/mol. The van der Waals surface area contributed by atoms with Crippen molar-refractivity contribution in [1.82, 2.24) is 9.55 Å². The molecule has 2 N–H and O–H groups in total. The highest BCUT2D eigenvalue weighted by Gasteiger charge is 2.13. The quantitative estimate of drug-likeness (QED) is 0.913. The van der Waals surface area contributed by atoms with Crippen LogP contribution in [0.3, 0.4) is 0 Å². The first-order chi connectivity index (χ1) is 8.08. The van der Waals surface area contributed by atoms with E-state index in [1.165, 1.54) is 18.2 Å². The molecule has 0 aliphatic carbocycles. The zero-order valence-corrected chi connectivity index (χ0v) is 10.2. The van der Waals surface area contributed by atoms with Crippen molar-refractivity contribution in [2.75, 3.05) is 0 Å². The van der Waals surface area contributed by atoms with E-state index in [9.17, 15) is 4.39 Å². The van der Waals surface area contributed by atoms with Crippen LogP contribution in [0.2, 0.25) is 5.02 Å². The van der Waals surface area contributed by atoms with Gasteiger partial charge in [-0.05, 0) is 30.2 Å². The fourth-order valence-corrected chi connectivity index (χ4v) is 1.96. The molecule has 1 unspecified atom stereocenters. The third kappa shape index (κ3) is 2.65. The van der Waals surface area contributed by atoms with E-state index in [2.05, 4.69) is 4.98 Å². The minimum Gasteiger partial charge on any atom is -0.337 e. The highest BCUT2D eigenvalue weighted by Crippen LogP contribution is 2.22. The minimum absolute atomic E-state index is 0.297. The zero-order chi connectivity index (χ0) is 12.4. The molecule has 5 heteroatoms. The molecule has 2 rings (SSSR count). The first-order valence-electron chi connectivity index (χ1n) is 5.24. The maximum Gasteiger partial charge on any atom is 0.125 e. The summed E-state index contributed by atoms with van der Waals surface area (Å²) in [4.78, 5) is 4.17. The average Bonchev–Trinajstić information content (AvgIpc) is 2.70. The summed E-state index contributed by atoms with van der Waals surface area (Å²) in [6.45, 7) is 0. The normalized spacial score (nSPS) is 12.7. The maximum absolute atomic E-state index is 13.1. The fraction of sp³-hybridized carbons (Fsp3) is 0.250. The van der Waals surface area contributed by atoms with Gasteiger partial charge in [0.05, 0.1) is 6.04 Å². The summed E-state index contributed by atoms with van der Waals surface area (Å²) in [5.41, 5.74) is 6.72. The Hall–Kier alpha value is -1.39. The van der Waals surface area contributed by atoms with Gasteiger partial charge in [0.15, 0.2) is 0 Å². The van der Waals surface area contributed by atoms with E-state index in [0.29, 0.717) is 17.0 Å². The molecular formula is C12H13ClFN3. The number of nitrogens with zero attached hydrogens (tertiary/aromatic N) is 2. The predicted molar refractivity (Wildman–Crippen MR) is 65.3 cm³/mol. The summed E-state index contributed by atoms with van der Waals surface area (Å²) in [7, 11) is 1.87. The lowest BCUT2D eigenvalue weighted by Gasteiger charge is -2.12. The molecule has 2 aromatic rings. The van der Waals surface area contributed by atoms with Gasteiger partial charge in [-0.1, -0.05) is 11.6 Å². The van der Waals surface area contributed by atoms with Crippen LogP contribution < -0.4 is 5.73 Å². The fourth-order valence-electron chi connectivity index (χ4n) is 1.76. The second kappa shape index (κ2) is 4.85. The van der Waals surface area contributed by atoms with Gasteiger partial charge in [-0.3, -0.25) is 0 Å². The van der Waals surface area contributed by atoms with Gasteiger partial charge in [-0.2, -0.15) is 0 Å². The standard InChI is InChI=1S/C12H13ClFN3/c1-17-5-4-16-12(17)11(15)7-8-6-9(14)2-3-10(8)13/h2-6,11H,7,15H2,1H3. The van der Waals surface area contributed by atoms with Crippen molar-refractivity contribution >= 4 is 11.6 Å². The predicted octanol–water partition coefficient (Wildman–Crippen LogP) is 2.46. The van der Waals surface area contributed by atoms with Crippen molar-refractivity contribution in [3.05, 3.63) is 52.8 Å². The zero-order valence-electron chi connectivity index (χ0n) is 9.40. The highest BCUT2D eigenvalue weighted by atomic mass is 35.5. The molecule has 3 nitrogen and oxygen atoms in total. The highest BCUT2D eigenvalue weighted by molar-refractivity contribution is 6.31. The largest absolute Gasteiger partial charge is 0.337 e. The van der Waals surface area contributed by atoms with E-state index in [-0.39, 0.29) is 11.9 Å². The molecule has 1 heterocycles. The van der Waals surface area contributed by atoms with Crippen LogP contribution in [-0.2, 0) is 13.5 Å². The number of benzene rings is 1. The number of hydrogen-bond acceptors (Lipinski definition) is 2. The van der Waals surface area contributed by atoms with Crippen molar-refractivity contribution in [3.63, 3.8) is 0 Å². The Morgan fingerprint density at radius 1 is 1.53 bits per heavy atom. The topological polar surface area (TPSA) is 43.8 Å². The molecule has 0 aliphatic rings. The molecule has 1 aromatic carbocycles. The van der Waals surface area contributed by atoms with Gasteiger partial charge in [-0.15, -0.1) is 0 Å². The van der Waals surface area contributed by atoms with E-state index >= 15 is 0 Å². The lowest BCUT2D eigenvalue weighted by Crippen LogP contribution is -2.18. The minimum atomic E-state index is -0.309. The third-order valence-corrected chi connectivity index (χ3v) is 3.01. The van der Waals surface area contributed by atoms with Crippen molar-refractivity contribution in [2.45, 2.75) is 12.5 Å². The van der Waals surface area contributed by atoms with E-state index in [0.717, 1.165) is 5.82 Å². The number of aromatic nitrogens is 2. The van der Waals surface area contributed by atoms with Gasteiger partial charge >= 0.3 is 0 Å². The molecule has 0 saturated heterocycles. The van der Waals surface area contributed by atoms with Crippen LogP contribution in [0, 0.1) is 5.82 Å². The summed E-state index contributed by atoms with van der Waals surface area (Å²) in [5.74, 6) is 0.446. The van der Waals surface area contributed by atoms with E-state index in [1.807, 2.05) is 17.8 Å². The van der Waals surface area contributed by atoms with E-state index in [4.69, 9.17) is 17.3 Å². The molecule has 0 aliphatic heterocycles. The van der Waals surface area contributed by atoms with Crippen LogP contribution in [0.5, 0.6) is 0 Å². The number of nitrogens with two attached hydrogens (primary N) is 1. The number of halogens is 2. The van der Waals surface area contributed by atoms with Gasteiger partial charge in [0.2, 0.25) is 0 Å². The molecular weight excluding hydrogens is 241 g/mol. The Morgan fingerprint density at radius 2 is 2.29 bits per heavy atom. The second-order valence-electron chi connectivity index (χ2n) is 3.94. The Balaban J connectivity index is 2.21. The van der Waals surface area contributed by atoms with Gasteiger partial charge < -0.3 is 10.3 Å². The Kier molecular flexibility index (Phi) is 3.45. The molecule has 0 bridgehead atoms. The number of imidazole rings is 1. The monoisotopic (exact) mass is 253 g/mol. The molecule has 1 aromatic heterocycles. The van der Waals surface area contributed by atoms with Gasteiger partial charge in [0.25, 0.3) is 0 Å². The van der Waals surface area contributed by atoms with Crippen LogP contribution in [0.4, 0.5) is 4.39 Å². The summed E-state index contributed by atoms with van der Waals surface area (Å²) in [6, 6.07) is 3.98. The lowest BCUT2D eigenvalue weighted by molar-refractivity contribution is 0.611. The van der Waals surface area contributed by atoms with Gasteiger partial charge in [0, 0.05) is 24.5 Å². The third-order valence-electron chi connectivity index (χ3n) is 2.64. The summed E-state index contributed by atoms with van der Waals surface area (Å²) >= 11 is 5.99. The molecule has 0 amide bonds. The molecule has 0 radical (unpaired) electrons. The SMILES string of the molecule is Cn1ccnc1C(N)Cc1cc(F)ccc1Cl. The van der Waals surface area contributed by atoms with Crippen molar-refractivity contribution in [1.29, 1.82) is 0 Å². The number of hydrogen-bond donors (Lipinski definition) is 1. The van der Waals surface area contributed by atoms with Crippen molar-refractivity contribution in [3.8, 4) is 0 Å². The first-order valence-corrected chi connectivity index (χ1v) is 5.62. The van der Waals surface area contributed by atoms with Crippen LogP contribution in [0.15, 0.2) is 30.6 Å². The summed E-state index contributed by atoms with van der Waals surface area (Å²) in [5, 5.41) is 0.524. The van der Waals surface area contributed by atoms with E-state index < -0.39 is 0 Å². The van der Waals surface area contributed by atoms with Gasteiger partial charge in [0.1, 0.15) is 11.6 Å². The van der Waals surface area contributed by atoms with E-state index in [1.54, 1.807) is 6.20 Å². The lowest BCUT2D eigenvalue weighted by atomic mass is 10.1. The van der Waals surface area contributed by atoms with Crippen LogP contribution in [-0.4, -0.2) is 9.55 Å². The van der Waals surface area contributed by atoms with Crippen LogP contribution >= 0.6 is 11.6 Å². The number of rotatable bonds is 3. The Bertz CT molecular complexity index is 524. The molecule has 0 fully saturated rings.